The molecule has 0 radical (unpaired) electrons. The van der Waals surface area contributed by atoms with Gasteiger partial charge in [0.25, 0.3) is 0 Å². The summed E-state index contributed by atoms with van der Waals surface area (Å²) in [5, 5.41) is 3.70. The number of halogens is 2. The fourth-order valence-corrected chi connectivity index (χ4v) is 2.66. The molecule has 1 heterocycles. The van der Waals surface area contributed by atoms with Crippen molar-refractivity contribution in [3.05, 3.63) is 39.6 Å². The maximum absolute atomic E-state index is 6.21. The minimum atomic E-state index is 0.582. The third-order valence-electron chi connectivity index (χ3n) is 2.89. The topological polar surface area (TPSA) is 29.9 Å². The Morgan fingerprint density at radius 1 is 1.39 bits per heavy atom. The van der Waals surface area contributed by atoms with Crippen LogP contribution in [0.3, 0.4) is 0 Å². The molecule has 1 aromatic carbocycles. The summed E-state index contributed by atoms with van der Waals surface area (Å²) in [6.07, 6.45) is 0.864. The number of benzene rings is 1. The van der Waals surface area contributed by atoms with Gasteiger partial charge in [-0.05, 0) is 13.1 Å². The fraction of sp³-hybridized carbons (Fsp3) is 0.308. The van der Waals surface area contributed by atoms with E-state index in [1.54, 1.807) is 0 Å². The van der Waals surface area contributed by atoms with Crippen molar-refractivity contribution in [3.8, 4) is 11.4 Å². The zero-order chi connectivity index (χ0) is 13.1. The number of nitrogens with one attached hydrogen (secondary N) is 1. The van der Waals surface area contributed by atoms with Crippen molar-refractivity contribution in [3.63, 3.8) is 0 Å². The molecule has 0 saturated carbocycles. The van der Waals surface area contributed by atoms with Gasteiger partial charge in [0.05, 0.1) is 5.69 Å². The summed E-state index contributed by atoms with van der Waals surface area (Å²) in [5.41, 5.74) is 2.11. The van der Waals surface area contributed by atoms with Crippen LogP contribution in [0.4, 0.5) is 0 Å². The zero-order valence-corrected chi connectivity index (χ0v) is 12.7. The van der Waals surface area contributed by atoms with E-state index < -0.39 is 0 Å². The van der Waals surface area contributed by atoms with Crippen LogP contribution in [0.2, 0.25) is 5.15 Å². The van der Waals surface area contributed by atoms with Crippen LogP contribution in [0.15, 0.2) is 28.7 Å². The first-order valence-corrected chi connectivity index (χ1v) is 6.93. The predicted octanol–water partition coefficient (Wildman–Crippen LogP) is 3.26. The zero-order valence-electron chi connectivity index (χ0n) is 10.4. The fourth-order valence-electron chi connectivity index (χ4n) is 1.90. The second kappa shape index (κ2) is 5.87. The molecule has 18 heavy (non-hydrogen) atoms. The number of aromatic nitrogens is 2. The van der Waals surface area contributed by atoms with Crippen LogP contribution < -0.4 is 5.32 Å². The van der Waals surface area contributed by atoms with E-state index in [1.165, 1.54) is 0 Å². The highest BCUT2D eigenvalue weighted by Gasteiger charge is 2.15. The van der Waals surface area contributed by atoms with Crippen LogP contribution in [0.25, 0.3) is 11.4 Å². The van der Waals surface area contributed by atoms with Crippen molar-refractivity contribution in [1.29, 1.82) is 0 Å². The lowest BCUT2D eigenvalue weighted by Gasteiger charge is -2.07. The highest BCUT2D eigenvalue weighted by Crippen LogP contribution is 2.30. The Labute approximate surface area is 120 Å². The lowest BCUT2D eigenvalue weighted by Crippen LogP contribution is -2.12. The summed E-state index contributed by atoms with van der Waals surface area (Å²) in [5.74, 6) is 0.888. The number of likely N-dealkylation sites (N-methyl/N-ethyl adjacent to an activating group) is 1. The Balaban J connectivity index is 2.44. The Hall–Kier alpha value is -0.840. The highest BCUT2D eigenvalue weighted by atomic mass is 79.9. The Morgan fingerprint density at radius 2 is 2.11 bits per heavy atom. The monoisotopic (exact) mass is 327 g/mol. The quantitative estimate of drug-likeness (QED) is 0.933. The molecule has 0 aliphatic heterocycles. The van der Waals surface area contributed by atoms with Gasteiger partial charge in [-0.1, -0.05) is 45.7 Å². The van der Waals surface area contributed by atoms with Gasteiger partial charge in [0.1, 0.15) is 5.82 Å². The smallest absolute Gasteiger partial charge is 0.151 e. The average molecular weight is 329 g/mol. The molecule has 0 aliphatic carbocycles. The standard InChI is InChI=1S/C13H15BrClN3/c1-16-8-7-11-12(15)17-13(18(11)2)9-5-3-4-6-10(9)14/h3-6,16H,7-8H2,1-2H3. The summed E-state index contributed by atoms with van der Waals surface area (Å²) in [7, 11) is 3.93. The molecule has 1 N–H and O–H groups in total. The van der Waals surface area contributed by atoms with Gasteiger partial charge in [-0.3, -0.25) is 0 Å². The van der Waals surface area contributed by atoms with Gasteiger partial charge in [-0.15, -0.1) is 0 Å². The van der Waals surface area contributed by atoms with Crippen LogP contribution >= 0.6 is 27.5 Å². The number of imidazole rings is 1. The molecule has 0 saturated heterocycles. The number of nitrogens with zero attached hydrogens (tertiary/aromatic N) is 2. The van der Waals surface area contributed by atoms with Crippen molar-refractivity contribution in [1.82, 2.24) is 14.9 Å². The molecule has 96 valence electrons. The summed E-state index contributed by atoms with van der Waals surface area (Å²) in [6, 6.07) is 8.02. The minimum absolute atomic E-state index is 0.582. The van der Waals surface area contributed by atoms with E-state index in [4.69, 9.17) is 11.6 Å². The molecule has 0 unspecified atom stereocenters. The molecular formula is C13H15BrClN3. The van der Waals surface area contributed by atoms with Gasteiger partial charge in [-0.25, -0.2) is 4.98 Å². The maximum Gasteiger partial charge on any atom is 0.151 e. The minimum Gasteiger partial charge on any atom is -0.330 e. The molecule has 0 aliphatic rings. The second-order valence-corrected chi connectivity index (χ2v) is 5.28. The second-order valence-electron chi connectivity index (χ2n) is 4.07. The van der Waals surface area contributed by atoms with Crippen LogP contribution in [0.5, 0.6) is 0 Å². The molecule has 0 atom stereocenters. The Bertz CT molecular complexity index is 551. The summed E-state index contributed by atoms with van der Waals surface area (Å²) < 4.78 is 3.08. The average Bonchev–Trinajstić information content (AvgIpc) is 2.63. The molecule has 0 spiro atoms. The van der Waals surface area contributed by atoms with Crippen LogP contribution in [-0.2, 0) is 13.5 Å². The molecule has 0 bridgehead atoms. The molecule has 2 rings (SSSR count). The molecule has 1 aromatic heterocycles. The molecule has 0 fully saturated rings. The van der Waals surface area contributed by atoms with Gasteiger partial charge >= 0.3 is 0 Å². The Kier molecular flexibility index (Phi) is 4.43. The normalized spacial score (nSPS) is 10.9. The van der Waals surface area contributed by atoms with Crippen LogP contribution in [0, 0.1) is 0 Å². The summed E-state index contributed by atoms with van der Waals surface area (Å²) in [6.45, 7) is 0.884. The lowest BCUT2D eigenvalue weighted by atomic mass is 10.2. The van der Waals surface area contributed by atoms with Crippen LogP contribution in [-0.4, -0.2) is 23.1 Å². The van der Waals surface area contributed by atoms with Crippen molar-refractivity contribution < 1.29 is 0 Å². The van der Waals surface area contributed by atoms with E-state index in [0.29, 0.717) is 5.15 Å². The molecule has 0 amide bonds. The van der Waals surface area contributed by atoms with Crippen molar-refractivity contribution >= 4 is 27.5 Å². The first-order chi connectivity index (χ1) is 8.65. The number of hydrogen-bond acceptors (Lipinski definition) is 2. The first kappa shape index (κ1) is 13.6. The van der Waals surface area contributed by atoms with Crippen molar-refractivity contribution in [2.75, 3.05) is 13.6 Å². The molecule has 2 aromatic rings. The van der Waals surface area contributed by atoms with E-state index in [2.05, 4.69) is 30.8 Å². The third kappa shape index (κ3) is 2.60. The van der Waals surface area contributed by atoms with Gasteiger partial charge in [0.2, 0.25) is 0 Å². The summed E-state index contributed by atoms with van der Waals surface area (Å²) in [4.78, 5) is 4.46. The SMILES string of the molecule is CNCCc1c(Cl)nc(-c2ccccc2Br)n1C. The van der Waals surface area contributed by atoms with E-state index in [-0.39, 0.29) is 0 Å². The maximum atomic E-state index is 6.21. The van der Waals surface area contributed by atoms with E-state index in [0.717, 1.165) is 34.5 Å². The van der Waals surface area contributed by atoms with E-state index in [1.807, 2.05) is 38.4 Å². The van der Waals surface area contributed by atoms with Gasteiger partial charge in [-0.2, -0.15) is 0 Å². The van der Waals surface area contributed by atoms with E-state index in [9.17, 15) is 0 Å². The number of hydrogen-bond donors (Lipinski definition) is 1. The predicted molar refractivity (Wildman–Crippen MR) is 79.0 cm³/mol. The van der Waals surface area contributed by atoms with Gasteiger partial charge in [0.15, 0.2) is 5.15 Å². The molecule has 3 nitrogen and oxygen atoms in total. The molecular weight excluding hydrogens is 314 g/mol. The van der Waals surface area contributed by atoms with Crippen LogP contribution in [0.1, 0.15) is 5.69 Å². The first-order valence-electron chi connectivity index (χ1n) is 5.75. The highest BCUT2D eigenvalue weighted by molar-refractivity contribution is 9.10. The third-order valence-corrected chi connectivity index (χ3v) is 3.89. The lowest BCUT2D eigenvalue weighted by molar-refractivity contribution is 0.740. The summed E-state index contributed by atoms with van der Waals surface area (Å²) >= 11 is 9.76. The largest absolute Gasteiger partial charge is 0.330 e. The van der Waals surface area contributed by atoms with Gasteiger partial charge in [0, 0.05) is 30.0 Å². The number of rotatable bonds is 4. The molecule has 5 heteroatoms. The Morgan fingerprint density at radius 3 is 2.78 bits per heavy atom. The van der Waals surface area contributed by atoms with Crippen molar-refractivity contribution in [2.45, 2.75) is 6.42 Å². The van der Waals surface area contributed by atoms with Gasteiger partial charge < -0.3 is 9.88 Å². The van der Waals surface area contributed by atoms with E-state index >= 15 is 0 Å². The van der Waals surface area contributed by atoms with Crippen molar-refractivity contribution in [2.24, 2.45) is 7.05 Å².